The van der Waals surface area contributed by atoms with E-state index < -0.39 is 0 Å². The summed E-state index contributed by atoms with van der Waals surface area (Å²) in [7, 11) is 5.73. The fourth-order valence-electron chi connectivity index (χ4n) is 4.75. The van der Waals surface area contributed by atoms with Gasteiger partial charge in [0.1, 0.15) is 5.56 Å². The van der Waals surface area contributed by atoms with Crippen LogP contribution in [0.15, 0.2) is 17.1 Å². The van der Waals surface area contributed by atoms with E-state index in [4.69, 9.17) is 4.74 Å². The molecular formula is C20H31N3O3. The molecule has 1 aliphatic heterocycles. The quantitative estimate of drug-likeness (QED) is 0.802. The van der Waals surface area contributed by atoms with E-state index in [9.17, 15) is 9.59 Å². The number of carbonyl (C=O) groups excluding carboxylic acids is 1. The molecular weight excluding hydrogens is 330 g/mol. The van der Waals surface area contributed by atoms with Gasteiger partial charge in [-0.25, -0.2) is 0 Å². The molecule has 26 heavy (non-hydrogen) atoms. The van der Waals surface area contributed by atoms with Crippen molar-refractivity contribution in [2.75, 3.05) is 40.8 Å². The van der Waals surface area contributed by atoms with Gasteiger partial charge in [0.2, 0.25) is 0 Å². The van der Waals surface area contributed by atoms with Gasteiger partial charge < -0.3 is 19.1 Å². The van der Waals surface area contributed by atoms with E-state index in [0.717, 1.165) is 24.9 Å². The van der Waals surface area contributed by atoms with Crippen LogP contribution in [0.5, 0.6) is 0 Å². The summed E-state index contributed by atoms with van der Waals surface area (Å²) in [5.41, 5.74) is 0.911. The Morgan fingerprint density at radius 3 is 2.46 bits per heavy atom. The van der Waals surface area contributed by atoms with Crippen LogP contribution in [0.2, 0.25) is 0 Å². The zero-order valence-corrected chi connectivity index (χ0v) is 16.6. The van der Waals surface area contributed by atoms with Crippen molar-refractivity contribution in [3.63, 3.8) is 0 Å². The first-order valence-electron chi connectivity index (χ1n) is 9.52. The molecule has 2 unspecified atom stereocenters. The van der Waals surface area contributed by atoms with Gasteiger partial charge in [-0.1, -0.05) is 0 Å². The fourth-order valence-corrected chi connectivity index (χ4v) is 4.75. The average molecular weight is 361 g/mol. The van der Waals surface area contributed by atoms with Crippen LogP contribution in [0.1, 0.15) is 41.7 Å². The van der Waals surface area contributed by atoms with E-state index in [1.54, 1.807) is 11.7 Å². The van der Waals surface area contributed by atoms with E-state index >= 15 is 0 Å². The summed E-state index contributed by atoms with van der Waals surface area (Å²) in [5, 5.41) is 0. The number of aromatic nitrogens is 1. The largest absolute Gasteiger partial charge is 0.381 e. The average Bonchev–Trinajstić information content (AvgIpc) is 2.81. The third kappa shape index (κ3) is 3.45. The Hall–Kier alpha value is -1.66. The molecule has 1 aliphatic carbocycles. The lowest BCUT2D eigenvalue weighted by Crippen LogP contribution is -2.49. The van der Waals surface area contributed by atoms with Crippen molar-refractivity contribution in [1.82, 2.24) is 14.4 Å². The molecule has 1 aromatic rings. The van der Waals surface area contributed by atoms with Gasteiger partial charge in [-0.2, -0.15) is 0 Å². The minimum atomic E-state index is -0.175. The first-order chi connectivity index (χ1) is 12.3. The molecule has 6 nitrogen and oxygen atoms in total. The summed E-state index contributed by atoms with van der Waals surface area (Å²) in [4.78, 5) is 30.2. The number of fused-ring (bicyclic) bond motifs is 2. The number of piperidine rings is 1. The smallest absolute Gasteiger partial charge is 0.263 e. The van der Waals surface area contributed by atoms with Crippen LogP contribution in [0.4, 0.5) is 0 Å². The van der Waals surface area contributed by atoms with Crippen molar-refractivity contribution in [1.29, 1.82) is 0 Å². The number of pyridine rings is 1. The zero-order chi connectivity index (χ0) is 19.0. The van der Waals surface area contributed by atoms with Crippen molar-refractivity contribution in [3.8, 4) is 0 Å². The molecule has 3 rings (SSSR count). The van der Waals surface area contributed by atoms with Crippen LogP contribution in [0.25, 0.3) is 0 Å². The number of amides is 1. The molecule has 1 saturated carbocycles. The molecule has 2 aliphatic rings. The maximum Gasteiger partial charge on any atom is 0.263 e. The fraction of sp³-hybridized carbons (Fsp3) is 0.700. The highest BCUT2D eigenvalue weighted by Crippen LogP contribution is 2.38. The number of hydrogen-bond donors (Lipinski definition) is 0. The van der Waals surface area contributed by atoms with Gasteiger partial charge in [0.15, 0.2) is 0 Å². The Morgan fingerprint density at radius 2 is 1.92 bits per heavy atom. The van der Waals surface area contributed by atoms with E-state index in [0.29, 0.717) is 30.5 Å². The second kappa shape index (κ2) is 7.53. The van der Waals surface area contributed by atoms with Gasteiger partial charge in [-0.3, -0.25) is 9.59 Å². The van der Waals surface area contributed by atoms with Crippen LogP contribution in [0.3, 0.4) is 0 Å². The number of aryl methyl sites for hydroxylation is 1. The molecule has 2 heterocycles. The zero-order valence-electron chi connectivity index (χ0n) is 16.6. The maximum absolute atomic E-state index is 13.2. The molecule has 6 heteroatoms. The number of hydrogen-bond acceptors (Lipinski definition) is 4. The van der Waals surface area contributed by atoms with Gasteiger partial charge in [0.05, 0.1) is 6.10 Å². The van der Waals surface area contributed by atoms with Crippen LogP contribution in [-0.4, -0.2) is 67.2 Å². The number of ether oxygens (including phenoxy) is 1. The van der Waals surface area contributed by atoms with Crippen LogP contribution in [-0.2, 0) is 4.74 Å². The molecule has 2 bridgehead atoms. The van der Waals surface area contributed by atoms with Crippen LogP contribution >= 0.6 is 0 Å². The molecule has 0 aromatic carbocycles. The molecule has 1 saturated heterocycles. The van der Waals surface area contributed by atoms with Crippen molar-refractivity contribution in [2.45, 2.75) is 38.8 Å². The number of nitrogens with zero attached hydrogens (tertiary/aromatic N) is 3. The SMILES string of the molecule is COC1[C@@H]2CC[C@H]1CN(C(=O)c1c(C)ccn(C(C)CN(C)C)c1=O)C2. The van der Waals surface area contributed by atoms with Gasteiger partial charge in [-0.15, -0.1) is 0 Å². The molecule has 0 N–H and O–H groups in total. The van der Waals surface area contributed by atoms with Gasteiger partial charge in [0, 0.05) is 50.8 Å². The van der Waals surface area contributed by atoms with Crippen LogP contribution < -0.4 is 5.56 Å². The monoisotopic (exact) mass is 361 g/mol. The summed E-state index contributed by atoms with van der Waals surface area (Å²) in [6, 6.07) is 1.90. The highest BCUT2D eigenvalue weighted by Gasteiger charge is 2.44. The molecule has 1 amide bonds. The van der Waals surface area contributed by atoms with Crippen molar-refractivity contribution in [2.24, 2.45) is 11.8 Å². The normalized spacial score (nSPS) is 26.4. The maximum atomic E-state index is 13.2. The molecule has 144 valence electrons. The Kier molecular flexibility index (Phi) is 5.53. The Labute approximate surface area is 155 Å². The third-order valence-corrected chi connectivity index (χ3v) is 5.95. The molecule has 4 atom stereocenters. The number of rotatable bonds is 5. The topological polar surface area (TPSA) is 54.8 Å². The predicted molar refractivity (Wildman–Crippen MR) is 102 cm³/mol. The highest BCUT2D eigenvalue weighted by molar-refractivity contribution is 5.95. The summed E-state index contributed by atoms with van der Waals surface area (Å²) in [6.07, 6.45) is 4.27. The molecule has 1 aromatic heterocycles. The first-order valence-corrected chi connectivity index (χ1v) is 9.52. The van der Waals surface area contributed by atoms with E-state index in [-0.39, 0.29) is 23.6 Å². The summed E-state index contributed by atoms with van der Waals surface area (Å²) in [5.74, 6) is 0.661. The van der Waals surface area contributed by atoms with Crippen molar-refractivity contribution >= 4 is 5.91 Å². The minimum Gasteiger partial charge on any atom is -0.381 e. The van der Waals surface area contributed by atoms with E-state index in [1.807, 2.05) is 50.0 Å². The van der Waals surface area contributed by atoms with E-state index in [2.05, 4.69) is 0 Å². The lowest BCUT2D eigenvalue weighted by Gasteiger charge is -2.37. The predicted octanol–water partition coefficient (Wildman–Crippen LogP) is 1.78. The minimum absolute atomic E-state index is 0.0139. The summed E-state index contributed by atoms with van der Waals surface area (Å²) in [6.45, 7) is 5.99. The van der Waals surface area contributed by atoms with Gasteiger partial charge in [-0.05, 0) is 52.4 Å². The van der Waals surface area contributed by atoms with Gasteiger partial charge >= 0.3 is 0 Å². The third-order valence-electron chi connectivity index (χ3n) is 5.95. The Bertz CT molecular complexity index is 714. The number of carbonyl (C=O) groups is 1. The highest BCUT2D eigenvalue weighted by atomic mass is 16.5. The summed E-state index contributed by atoms with van der Waals surface area (Å²) < 4.78 is 7.33. The van der Waals surface area contributed by atoms with Crippen molar-refractivity contribution in [3.05, 3.63) is 33.7 Å². The number of methoxy groups -OCH3 is 1. The standard InChI is InChI=1S/C20H31N3O3/c1-13-8-9-23(14(2)10-21(3)4)20(25)17(13)19(24)22-11-15-6-7-16(12-22)18(15)26-5/h8-9,14-16,18H,6-7,10-12H2,1-5H3/t14?,15-,16+,18?. The first kappa shape index (κ1) is 19.1. The lowest BCUT2D eigenvalue weighted by molar-refractivity contribution is -0.0114. The lowest BCUT2D eigenvalue weighted by atomic mass is 9.94. The summed E-state index contributed by atoms with van der Waals surface area (Å²) >= 11 is 0. The number of likely N-dealkylation sites (N-methyl/N-ethyl adjacent to an activating group) is 1. The van der Waals surface area contributed by atoms with E-state index in [1.165, 1.54) is 0 Å². The Balaban J connectivity index is 1.87. The second-order valence-corrected chi connectivity index (χ2v) is 8.21. The van der Waals surface area contributed by atoms with Crippen LogP contribution in [0, 0.1) is 18.8 Å². The Morgan fingerprint density at radius 1 is 1.31 bits per heavy atom. The molecule has 0 radical (unpaired) electrons. The number of likely N-dealkylation sites (tertiary alicyclic amines) is 1. The molecule has 2 fully saturated rings. The second-order valence-electron chi connectivity index (χ2n) is 8.21. The van der Waals surface area contributed by atoms with Gasteiger partial charge in [0.25, 0.3) is 11.5 Å². The molecule has 0 spiro atoms. The van der Waals surface area contributed by atoms with Crippen molar-refractivity contribution < 1.29 is 9.53 Å².